The molecule has 5 nitrogen and oxygen atoms in total. The summed E-state index contributed by atoms with van der Waals surface area (Å²) in [5.74, 6) is 1.46. The fourth-order valence-corrected chi connectivity index (χ4v) is 3.87. The number of nitrogens with zero attached hydrogens (tertiary/aromatic N) is 4. The highest BCUT2D eigenvalue weighted by Gasteiger charge is 2.24. The van der Waals surface area contributed by atoms with E-state index in [0.717, 1.165) is 24.3 Å². The first-order chi connectivity index (χ1) is 9.13. The molecule has 19 heavy (non-hydrogen) atoms. The monoisotopic (exact) mass is 275 g/mol. The van der Waals surface area contributed by atoms with Gasteiger partial charge < -0.3 is 10.6 Å². The fraction of sp³-hybridized carbons (Fsp3) is 0.462. The van der Waals surface area contributed by atoms with Gasteiger partial charge in [-0.15, -0.1) is 0 Å². The number of anilines is 2. The highest BCUT2D eigenvalue weighted by Crippen LogP contribution is 2.30. The summed E-state index contributed by atoms with van der Waals surface area (Å²) >= 11 is 2.03. The average molecular weight is 275 g/mol. The van der Waals surface area contributed by atoms with Crippen molar-refractivity contribution in [1.82, 2.24) is 15.0 Å². The van der Waals surface area contributed by atoms with E-state index in [1.54, 1.807) is 12.4 Å². The average Bonchev–Trinajstić information content (AvgIpc) is 2.36. The largest absolute Gasteiger partial charge is 0.384 e. The molecule has 1 aliphatic rings. The van der Waals surface area contributed by atoms with Crippen molar-refractivity contribution in [2.24, 2.45) is 0 Å². The molecule has 0 bridgehead atoms. The van der Waals surface area contributed by atoms with Gasteiger partial charge in [-0.05, 0) is 12.1 Å². The number of aromatic nitrogens is 3. The van der Waals surface area contributed by atoms with Crippen LogP contribution in [0.1, 0.15) is 13.8 Å². The van der Waals surface area contributed by atoms with E-state index in [0.29, 0.717) is 22.0 Å². The molecule has 100 valence electrons. The summed E-state index contributed by atoms with van der Waals surface area (Å²) < 4.78 is 0. The Morgan fingerprint density at radius 1 is 1.21 bits per heavy atom. The van der Waals surface area contributed by atoms with Crippen LogP contribution < -0.4 is 10.6 Å². The lowest BCUT2D eigenvalue weighted by Gasteiger charge is -2.35. The highest BCUT2D eigenvalue weighted by atomic mass is 32.2. The predicted octanol–water partition coefficient (Wildman–Crippen LogP) is 1.94. The molecule has 1 aliphatic heterocycles. The molecule has 0 saturated carbocycles. The van der Waals surface area contributed by atoms with Crippen LogP contribution in [0, 0.1) is 0 Å². The Labute approximate surface area is 116 Å². The lowest BCUT2D eigenvalue weighted by Crippen LogP contribution is -2.41. The minimum atomic E-state index is 0.494. The maximum absolute atomic E-state index is 5.71. The Hall–Kier alpha value is -1.56. The van der Waals surface area contributed by atoms with Crippen LogP contribution in [0.25, 0.3) is 11.0 Å². The zero-order chi connectivity index (χ0) is 13.4. The van der Waals surface area contributed by atoms with E-state index in [9.17, 15) is 0 Å². The van der Waals surface area contributed by atoms with Gasteiger partial charge in [-0.1, -0.05) is 13.8 Å². The first kappa shape index (κ1) is 12.5. The van der Waals surface area contributed by atoms with E-state index in [1.165, 1.54) is 0 Å². The number of pyridine rings is 1. The summed E-state index contributed by atoms with van der Waals surface area (Å²) in [7, 11) is 0. The van der Waals surface area contributed by atoms with Gasteiger partial charge in [-0.2, -0.15) is 11.8 Å². The second-order valence-corrected chi connectivity index (χ2v) is 6.85. The van der Waals surface area contributed by atoms with Gasteiger partial charge in [0, 0.05) is 23.6 Å². The quantitative estimate of drug-likeness (QED) is 0.858. The van der Waals surface area contributed by atoms with E-state index < -0.39 is 0 Å². The lowest BCUT2D eigenvalue weighted by molar-refractivity contribution is 0.720. The number of hydrogen-bond donors (Lipinski definition) is 1. The van der Waals surface area contributed by atoms with Crippen LogP contribution in [0.5, 0.6) is 0 Å². The van der Waals surface area contributed by atoms with Gasteiger partial charge in [0.2, 0.25) is 0 Å². The molecule has 6 heteroatoms. The van der Waals surface area contributed by atoms with Crippen molar-refractivity contribution in [3.8, 4) is 0 Å². The van der Waals surface area contributed by atoms with Gasteiger partial charge in [-0.3, -0.25) is 0 Å². The van der Waals surface area contributed by atoms with E-state index >= 15 is 0 Å². The van der Waals surface area contributed by atoms with E-state index in [4.69, 9.17) is 5.73 Å². The molecule has 3 rings (SSSR count). The highest BCUT2D eigenvalue weighted by molar-refractivity contribution is 8.00. The van der Waals surface area contributed by atoms with Crippen molar-refractivity contribution in [3.05, 3.63) is 18.5 Å². The van der Waals surface area contributed by atoms with Crippen LogP contribution >= 0.6 is 11.8 Å². The summed E-state index contributed by atoms with van der Waals surface area (Å²) in [4.78, 5) is 15.2. The molecule has 0 radical (unpaired) electrons. The minimum Gasteiger partial charge on any atom is -0.384 e. The third-order valence-corrected chi connectivity index (χ3v) is 4.44. The van der Waals surface area contributed by atoms with Crippen molar-refractivity contribution in [3.63, 3.8) is 0 Å². The number of fused-ring (bicyclic) bond motifs is 1. The number of nitrogens with two attached hydrogens (primary N) is 1. The molecule has 2 aromatic heterocycles. The van der Waals surface area contributed by atoms with Crippen LogP contribution in [-0.2, 0) is 0 Å². The summed E-state index contributed by atoms with van der Waals surface area (Å²) in [5, 5.41) is 2.19. The third-order valence-electron chi connectivity index (χ3n) is 3.22. The Bertz CT molecular complexity index is 593. The SMILES string of the molecule is C[C@@H]1CN(c2ncnc3nc(N)ccc23)C[C@@H](C)S1. The molecule has 2 N–H and O–H groups in total. The van der Waals surface area contributed by atoms with Crippen molar-refractivity contribution in [2.45, 2.75) is 24.3 Å². The van der Waals surface area contributed by atoms with Gasteiger partial charge in [0.05, 0.1) is 5.39 Å². The first-order valence-electron chi connectivity index (χ1n) is 6.41. The molecular weight excluding hydrogens is 258 g/mol. The minimum absolute atomic E-state index is 0.494. The first-order valence-corrected chi connectivity index (χ1v) is 7.35. The zero-order valence-electron chi connectivity index (χ0n) is 11.1. The molecule has 1 saturated heterocycles. The number of hydrogen-bond acceptors (Lipinski definition) is 6. The standard InChI is InChI=1S/C13H17N5S/c1-8-5-18(6-9(2)19-8)13-10-3-4-11(14)17-12(10)15-7-16-13/h3-4,7-9H,5-6H2,1-2H3,(H2,14,15,16,17)/t8-,9-/m1/s1. The van der Waals surface area contributed by atoms with Crippen LogP contribution in [0.2, 0.25) is 0 Å². The molecular formula is C13H17N5S. The smallest absolute Gasteiger partial charge is 0.166 e. The van der Waals surface area contributed by atoms with Crippen LogP contribution in [0.3, 0.4) is 0 Å². The van der Waals surface area contributed by atoms with Gasteiger partial charge >= 0.3 is 0 Å². The Morgan fingerprint density at radius 3 is 2.68 bits per heavy atom. The maximum atomic E-state index is 5.71. The fourth-order valence-electron chi connectivity index (χ4n) is 2.55. The molecule has 0 amide bonds. The molecule has 2 atom stereocenters. The van der Waals surface area contributed by atoms with E-state index in [-0.39, 0.29) is 0 Å². The number of nitrogen functional groups attached to an aromatic ring is 1. The molecule has 1 fully saturated rings. The summed E-state index contributed by atoms with van der Waals surface area (Å²) in [6, 6.07) is 3.77. The molecule has 0 unspecified atom stereocenters. The van der Waals surface area contributed by atoms with Crippen molar-refractivity contribution < 1.29 is 0 Å². The van der Waals surface area contributed by atoms with Gasteiger partial charge in [0.15, 0.2) is 5.65 Å². The molecule has 0 spiro atoms. The second kappa shape index (κ2) is 4.85. The molecule has 3 heterocycles. The van der Waals surface area contributed by atoms with Crippen molar-refractivity contribution in [2.75, 3.05) is 23.7 Å². The van der Waals surface area contributed by atoms with Gasteiger partial charge in [-0.25, -0.2) is 15.0 Å². The van der Waals surface area contributed by atoms with Crippen LogP contribution in [0.4, 0.5) is 11.6 Å². The lowest BCUT2D eigenvalue weighted by atomic mass is 10.2. The van der Waals surface area contributed by atoms with E-state index in [2.05, 4.69) is 33.7 Å². The Balaban J connectivity index is 2.04. The zero-order valence-corrected chi connectivity index (χ0v) is 11.9. The van der Waals surface area contributed by atoms with Crippen LogP contribution in [0.15, 0.2) is 18.5 Å². The summed E-state index contributed by atoms with van der Waals surface area (Å²) in [5.41, 5.74) is 6.38. The van der Waals surface area contributed by atoms with Crippen molar-refractivity contribution in [1.29, 1.82) is 0 Å². The predicted molar refractivity (Wildman–Crippen MR) is 80.5 cm³/mol. The molecule has 2 aromatic rings. The normalized spacial score (nSPS) is 23.8. The number of rotatable bonds is 1. The van der Waals surface area contributed by atoms with Crippen LogP contribution in [-0.4, -0.2) is 38.5 Å². The third kappa shape index (κ3) is 2.45. The van der Waals surface area contributed by atoms with Gasteiger partial charge in [0.25, 0.3) is 0 Å². The van der Waals surface area contributed by atoms with E-state index in [1.807, 2.05) is 17.8 Å². The summed E-state index contributed by atoms with van der Waals surface area (Å²) in [6.07, 6.45) is 1.57. The maximum Gasteiger partial charge on any atom is 0.166 e. The molecule has 0 aromatic carbocycles. The van der Waals surface area contributed by atoms with Crippen molar-refractivity contribution >= 4 is 34.4 Å². The summed E-state index contributed by atoms with van der Waals surface area (Å²) in [6.45, 7) is 6.52. The number of thioether (sulfide) groups is 1. The molecule has 0 aliphatic carbocycles. The van der Waals surface area contributed by atoms with Gasteiger partial charge in [0.1, 0.15) is 18.0 Å². The topological polar surface area (TPSA) is 67.9 Å². The Morgan fingerprint density at radius 2 is 1.95 bits per heavy atom. The second-order valence-electron chi connectivity index (χ2n) is 4.97. The Kier molecular flexibility index (Phi) is 3.18.